The van der Waals surface area contributed by atoms with Crippen molar-refractivity contribution in [2.24, 2.45) is 0 Å². The van der Waals surface area contributed by atoms with E-state index in [0.717, 1.165) is 44.7 Å². The van der Waals surface area contributed by atoms with Crippen LogP contribution in [0.2, 0.25) is 0 Å². The predicted molar refractivity (Wildman–Crippen MR) is 228 cm³/mol. The summed E-state index contributed by atoms with van der Waals surface area (Å²) in [5, 5.41) is 7.27. The number of hydrogen-bond donors (Lipinski definition) is 0. The number of hydrogen-bond acceptors (Lipinski definition) is 4. The largest absolute Gasteiger partial charge is 0.309 e. The minimum atomic E-state index is 0.628. The minimum Gasteiger partial charge on any atom is -0.309 e. The topological polar surface area (TPSA) is 41.9 Å². The van der Waals surface area contributed by atoms with Gasteiger partial charge in [-0.25, -0.2) is 15.0 Å². The highest BCUT2D eigenvalue weighted by Gasteiger charge is 2.28. The average molecular weight is 701 g/mol. The van der Waals surface area contributed by atoms with E-state index >= 15 is 0 Å². The second-order valence-corrected chi connectivity index (χ2v) is 14.1. The molecule has 0 aliphatic carbocycles. The molecular formula is C51H32N4. The molecule has 9 aromatic carbocycles. The highest BCUT2D eigenvalue weighted by Crippen LogP contribution is 2.53. The number of nitrogens with zero attached hydrogens (tertiary/aromatic N) is 4. The van der Waals surface area contributed by atoms with Crippen molar-refractivity contribution in [1.82, 2.24) is 15.0 Å². The Hall–Kier alpha value is -7.43. The molecule has 1 aliphatic rings. The standard InChI is InChI=1S/C51H32N4/c1-3-14-35(15-4-1)49-52-50(39-25-23-34-13-8-10-17-37(34)31-39)54-51(53-49)40-26-27-43-45-21-11-20-44-42(38-24-22-33-12-7-9-16-36(33)30-38)28-29-46(48(44)45)55(47(43)32-40)41-18-5-2-6-19-41/h1-32H. The van der Waals surface area contributed by atoms with Crippen molar-refractivity contribution >= 4 is 49.4 Å². The van der Waals surface area contributed by atoms with Crippen LogP contribution in [0, 0.1) is 0 Å². The highest BCUT2D eigenvalue weighted by molar-refractivity contribution is 6.17. The second-order valence-electron chi connectivity index (χ2n) is 14.1. The first kappa shape index (κ1) is 31.1. The third kappa shape index (κ3) is 5.26. The van der Waals surface area contributed by atoms with Crippen molar-refractivity contribution in [2.45, 2.75) is 0 Å². The van der Waals surface area contributed by atoms with Crippen molar-refractivity contribution in [1.29, 1.82) is 0 Å². The number of aromatic nitrogens is 3. The molecular weight excluding hydrogens is 669 g/mol. The molecule has 1 aromatic heterocycles. The molecule has 0 spiro atoms. The first-order chi connectivity index (χ1) is 27.2. The maximum Gasteiger partial charge on any atom is 0.164 e. The van der Waals surface area contributed by atoms with Crippen LogP contribution in [0.3, 0.4) is 0 Å². The van der Waals surface area contributed by atoms with Gasteiger partial charge in [0.2, 0.25) is 0 Å². The van der Waals surface area contributed by atoms with Gasteiger partial charge >= 0.3 is 0 Å². The summed E-state index contributed by atoms with van der Waals surface area (Å²) in [5.41, 5.74) is 10.9. The van der Waals surface area contributed by atoms with Gasteiger partial charge in [0.05, 0.1) is 11.4 Å². The van der Waals surface area contributed by atoms with Gasteiger partial charge in [0.1, 0.15) is 0 Å². The van der Waals surface area contributed by atoms with E-state index in [1.165, 1.54) is 43.6 Å². The van der Waals surface area contributed by atoms with E-state index in [4.69, 9.17) is 15.0 Å². The Morgan fingerprint density at radius 3 is 1.56 bits per heavy atom. The van der Waals surface area contributed by atoms with E-state index in [1.807, 2.05) is 18.2 Å². The summed E-state index contributed by atoms with van der Waals surface area (Å²) in [6.07, 6.45) is 0. The van der Waals surface area contributed by atoms with E-state index in [1.54, 1.807) is 0 Å². The van der Waals surface area contributed by atoms with Crippen LogP contribution in [0.1, 0.15) is 0 Å². The number of fused-ring (bicyclic) bond motifs is 4. The van der Waals surface area contributed by atoms with Gasteiger partial charge in [-0.05, 0) is 80.0 Å². The molecule has 4 nitrogen and oxygen atoms in total. The lowest BCUT2D eigenvalue weighted by atomic mass is 9.86. The Morgan fingerprint density at radius 1 is 0.309 bits per heavy atom. The van der Waals surface area contributed by atoms with Gasteiger partial charge in [0.25, 0.3) is 0 Å². The van der Waals surface area contributed by atoms with Crippen LogP contribution in [0.4, 0.5) is 17.1 Å². The maximum absolute atomic E-state index is 5.16. The van der Waals surface area contributed by atoms with Crippen LogP contribution < -0.4 is 4.90 Å². The quantitative estimate of drug-likeness (QED) is 0.179. The summed E-state index contributed by atoms with van der Waals surface area (Å²) in [5.74, 6) is 1.91. The van der Waals surface area contributed by atoms with Gasteiger partial charge in [-0.15, -0.1) is 0 Å². The summed E-state index contributed by atoms with van der Waals surface area (Å²) in [6, 6.07) is 68.9. The fraction of sp³-hybridized carbons (Fsp3) is 0. The summed E-state index contributed by atoms with van der Waals surface area (Å²) in [4.78, 5) is 17.7. The molecule has 256 valence electrons. The van der Waals surface area contributed by atoms with Gasteiger partial charge in [-0.3, -0.25) is 0 Å². The zero-order chi connectivity index (χ0) is 36.3. The Labute approximate surface area is 318 Å². The van der Waals surface area contributed by atoms with E-state index in [2.05, 4.69) is 181 Å². The van der Waals surface area contributed by atoms with Crippen molar-refractivity contribution in [2.75, 3.05) is 4.90 Å². The molecule has 0 bridgehead atoms. The van der Waals surface area contributed by atoms with E-state index in [0.29, 0.717) is 17.5 Å². The van der Waals surface area contributed by atoms with Crippen molar-refractivity contribution in [3.05, 3.63) is 194 Å². The Bertz CT molecular complexity index is 3100. The van der Waals surface area contributed by atoms with E-state index in [9.17, 15) is 0 Å². The molecule has 0 saturated heterocycles. The summed E-state index contributed by atoms with van der Waals surface area (Å²) < 4.78 is 0. The number of anilines is 3. The molecule has 0 saturated carbocycles. The molecule has 1 aliphatic heterocycles. The zero-order valence-corrected chi connectivity index (χ0v) is 29.8. The van der Waals surface area contributed by atoms with Crippen LogP contribution in [0.25, 0.3) is 88.7 Å². The van der Waals surface area contributed by atoms with Crippen LogP contribution in [-0.2, 0) is 0 Å². The Morgan fingerprint density at radius 2 is 0.855 bits per heavy atom. The highest BCUT2D eigenvalue weighted by atomic mass is 15.2. The summed E-state index contributed by atoms with van der Waals surface area (Å²) in [6.45, 7) is 0. The van der Waals surface area contributed by atoms with Gasteiger partial charge in [0.15, 0.2) is 17.5 Å². The monoisotopic (exact) mass is 700 g/mol. The lowest BCUT2D eigenvalue weighted by molar-refractivity contribution is 1.07. The Balaban J connectivity index is 1.11. The predicted octanol–water partition coefficient (Wildman–Crippen LogP) is 13.4. The van der Waals surface area contributed by atoms with Gasteiger partial charge in [-0.2, -0.15) is 0 Å². The smallest absolute Gasteiger partial charge is 0.164 e. The Kier molecular flexibility index (Phi) is 7.14. The summed E-state index contributed by atoms with van der Waals surface area (Å²) in [7, 11) is 0. The average Bonchev–Trinajstić information content (AvgIpc) is 3.26. The molecule has 0 atom stereocenters. The first-order valence-electron chi connectivity index (χ1n) is 18.6. The minimum absolute atomic E-state index is 0.628. The van der Waals surface area contributed by atoms with Crippen LogP contribution in [0.5, 0.6) is 0 Å². The second kappa shape index (κ2) is 12.6. The molecule has 10 aromatic rings. The maximum atomic E-state index is 5.16. The molecule has 4 heteroatoms. The van der Waals surface area contributed by atoms with Gasteiger partial charge in [-0.1, -0.05) is 158 Å². The van der Waals surface area contributed by atoms with Crippen LogP contribution in [-0.4, -0.2) is 15.0 Å². The van der Waals surface area contributed by atoms with Crippen molar-refractivity contribution in [3.8, 4) is 56.4 Å². The normalized spacial score (nSPS) is 12.0. The summed E-state index contributed by atoms with van der Waals surface area (Å²) >= 11 is 0. The molecule has 2 heterocycles. The molecule has 55 heavy (non-hydrogen) atoms. The lowest BCUT2D eigenvalue weighted by Crippen LogP contribution is -2.15. The first-order valence-corrected chi connectivity index (χ1v) is 18.6. The van der Waals surface area contributed by atoms with Gasteiger partial charge in [0, 0.05) is 33.3 Å². The third-order valence-corrected chi connectivity index (χ3v) is 10.8. The number of benzene rings is 9. The molecule has 0 N–H and O–H groups in total. The molecule has 0 amide bonds. The fourth-order valence-corrected chi connectivity index (χ4v) is 8.15. The van der Waals surface area contributed by atoms with Crippen LogP contribution in [0.15, 0.2) is 194 Å². The number of para-hydroxylation sites is 1. The van der Waals surface area contributed by atoms with Crippen molar-refractivity contribution in [3.63, 3.8) is 0 Å². The van der Waals surface area contributed by atoms with Crippen LogP contribution >= 0.6 is 0 Å². The van der Waals surface area contributed by atoms with E-state index in [-0.39, 0.29) is 0 Å². The molecule has 0 fully saturated rings. The molecule has 0 unspecified atom stereocenters. The number of rotatable bonds is 5. The van der Waals surface area contributed by atoms with Crippen molar-refractivity contribution < 1.29 is 0 Å². The van der Waals surface area contributed by atoms with Gasteiger partial charge < -0.3 is 4.90 Å². The molecule has 11 rings (SSSR count). The SMILES string of the molecule is c1ccc(-c2nc(-c3ccc4c(c3)N(c3ccccc3)c3ccc(-c5ccc6ccccc6c5)c5cccc-4c35)nc(-c3ccc4ccccc4c3)n2)cc1. The fourth-order valence-electron chi connectivity index (χ4n) is 8.15. The zero-order valence-electron chi connectivity index (χ0n) is 29.8. The van der Waals surface area contributed by atoms with E-state index < -0.39 is 0 Å². The third-order valence-electron chi connectivity index (χ3n) is 10.8. The molecule has 0 radical (unpaired) electrons. The lowest BCUT2D eigenvalue weighted by Gasteiger charge is -2.34.